The Balaban J connectivity index is 1.40. The van der Waals surface area contributed by atoms with Gasteiger partial charge < -0.3 is 9.47 Å². The van der Waals surface area contributed by atoms with Crippen molar-refractivity contribution in [2.24, 2.45) is 5.92 Å². The highest BCUT2D eigenvalue weighted by Gasteiger charge is 2.27. The molecule has 0 N–H and O–H groups in total. The van der Waals surface area contributed by atoms with Gasteiger partial charge in [-0.2, -0.15) is 0 Å². The zero-order valence-corrected chi connectivity index (χ0v) is 15.8. The lowest BCUT2D eigenvalue weighted by Gasteiger charge is -2.26. The second-order valence-electron chi connectivity index (χ2n) is 8.21. The van der Waals surface area contributed by atoms with Crippen LogP contribution in [0.1, 0.15) is 43.4 Å². The fraction of sp³-hybridized carbons (Fsp3) is 0.417. The highest BCUT2D eigenvalue weighted by Crippen LogP contribution is 2.39. The minimum absolute atomic E-state index is 0.0263. The quantitative estimate of drug-likeness (QED) is 0.477. The molecular formula is C24H28O2. The summed E-state index contributed by atoms with van der Waals surface area (Å²) in [4.78, 5) is 0. The summed E-state index contributed by atoms with van der Waals surface area (Å²) in [5.41, 5.74) is 5.48. The van der Waals surface area contributed by atoms with Crippen LogP contribution in [-0.4, -0.2) is 19.3 Å². The van der Waals surface area contributed by atoms with Crippen molar-refractivity contribution in [1.82, 2.24) is 0 Å². The molecule has 26 heavy (non-hydrogen) atoms. The summed E-state index contributed by atoms with van der Waals surface area (Å²) in [5, 5.41) is 0. The SMILES string of the molecule is C=C1CC1CCc1ccc(C(C)(C)c2ccc(OCC3CO3)cc2)cc1. The van der Waals surface area contributed by atoms with Crippen molar-refractivity contribution in [2.75, 3.05) is 13.2 Å². The van der Waals surface area contributed by atoms with Crippen LogP contribution in [0.15, 0.2) is 60.7 Å². The third kappa shape index (κ3) is 4.02. The Bertz CT molecular complexity index is 767. The second kappa shape index (κ2) is 6.92. The molecule has 0 amide bonds. The minimum Gasteiger partial charge on any atom is -0.491 e. The molecule has 1 aliphatic carbocycles. The Morgan fingerprint density at radius 2 is 1.62 bits per heavy atom. The summed E-state index contributed by atoms with van der Waals surface area (Å²) < 4.78 is 10.9. The fourth-order valence-corrected chi connectivity index (χ4v) is 3.48. The molecule has 1 saturated carbocycles. The molecular weight excluding hydrogens is 320 g/mol. The first-order valence-corrected chi connectivity index (χ1v) is 9.64. The van der Waals surface area contributed by atoms with Gasteiger partial charge in [0, 0.05) is 5.41 Å². The van der Waals surface area contributed by atoms with Crippen molar-refractivity contribution in [1.29, 1.82) is 0 Å². The van der Waals surface area contributed by atoms with Gasteiger partial charge in [0.25, 0.3) is 0 Å². The lowest BCUT2D eigenvalue weighted by atomic mass is 9.78. The average molecular weight is 348 g/mol. The molecule has 136 valence electrons. The Labute approximate surface area is 156 Å². The van der Waals surface area contributed by atoms with Gasteiger partial charge in [0.15, 0.2) is 0 Å². The van der Waals surface area contributed by atoms with Crippen molar-refractivity contribution >= 4 is 0 Å². The topological polar surface area (TPSA) is 21.8 Å². The van der Waals surface area contributed by atoms with Gasteiger partial charge >= 0.3 is 0 Å². The van der Waals surface area contributed by atoms with Gasteiger partial charge in [0.2, 0.25) is 0 Å². The van der Waals surface area contributed by atoms with E-state index < -0.39 is 0 Å². The van der Waals surface area contributed by atoms with Crippen molar-refractivity contribution in [3.05, 3.63) is 77.4 Å². The van der Waals surface area contributed by atoms with Crippen LogP contribution in [-0.2, 0) is 16.6 Å². The number of hydrogen-bond acceptors (Lipinski definition) is 2. The Kier molecular flexibility index (Phi) is 4.62. The summed E-state index contributed by atoms with van der Waals surface area (Å²) in [5.74, 6) is 1.69. The van der Waals surface area contributed by atoms with Gasteiger partial charge in [0.1, 0.15) is 18.5 Å². The minimum atomic E-state index is -0.0263. The molecule has 2 aromatic rings. The molecule has 2 fully saturated rings. The first-order chi connectivity index (χ1) is 12.5. The molecule has 0 aromatic heterocycles. The van der Waals surface area contributed by atoms with Gasteiger partial charge in [-0.3, -0.25) is 0 Å². The van der Waals surface area contributed by atoms with Crippen LogP contribution < -0.4 is 4.74 Å². The molecule has 1 aliphatic heterocycles. The molecule has 2 aliphatic rings. The van der Waals surface area contributed by atoms with Crippen molar-refractivity contribution in [2.45, 2.75) is 44.6 Å². The molecule has 1 saturated heterocycles. The summed E-state index contributed by atoms with van der Waals surface area (Å²) >= 11 is 0. The largest absolute Gasteiger partial charge is 0.491 e. The standard InChI is InChI=1S/C24H28O2/c1-17-14-19(17)7-4-18-5-8-20(9-6-18)24(2,3)21-10-12-22(13-11-21)25-15-23-16-26-23/h5-6,8-13,19,23H,1,4,7,14-16H2,2-3H3. The van der Waals surface area contributed by atoms with Crippen LogP contribution in [0.25, 0.3) is 0 Å². The summed E-state index contributed by atoms with van der Waals surface area (Å²) in [7, 11) is 0. The molecule has 0 radical (unpaired) electrons. The average Bonchev–Trinajstić information content (AvgIpc) is 3.57. The van der Waals surface area contributed by atoms with E-state index in [9.17, 15) is 0 Å². The van der Waals surface area contributed by atoms with E-state index in [1.54, 1.807) is 0 Å². The Morgan fingerprint density at radius 3 is 2.15 bits per heavy atom. The van der Waals surface area contributed by atoms with E-state index in [4.69, 9.17) is 9.47 Å². The van der Waals surface area contributed by atoms with Crippen LogP contribution in [0.5, 0.6) is 5.75 Å². The number of benzene rings is 2. The predicted octanol–water partition coefficient (Wildman–Crippen LogP) is 5.30. The predicted molar refractivity (Wildman–Crippen MR) is 106 cm³/mol. The number of allylic oxidation sites excluding steroid dienone is 1. The van der Waals surface area contributed by atoms with Crippen molar-refractivity contribution < 1.29 is 9.47 Å². The summed E-state index contributed by atoms with van der Waals surface area (Å²) in [6, 6.07) is 17.6. The molecule has 1 heterocycles. The lowest BCUT2D eigenvalue weighted by Crippen LogP contribution is -2.18. The molecule has 2 unspecified atom stereocenters. The van der Waals surface area contributed by atoms with Gasteiger partial charge in [0.05, 0.1) is 6.61 Å². The van der Waals surface area contributed by atoms with Crippen molar-refractivity contribution in [3.8, 4) is 5.75 Å². The number of rotatable bonds is 8. The van der Waals surface area contributed by atoms with E-state index in [1.807, 2.05) is 0 Å². The van der Waals surface area contributed by atoms with E-state index in [0.717, 1.165) is 24.7 Å². The monoisotopic (exact) mass is 348 g/mol. The lowest BCUT2D eigenvalue weighted by molar-refractivity contribution is 0.263. The third-order valence-electron chi connectivity index (χ3n) is 5.80. The van der Waals surface area contributed by atoms with Crippen LogP contribution in [0.4, 0.5) is 0 Å². The maximum atomic E-state index is 5.75. The van der Waals surface area contributed by atoms with Crippen LogP contribution >= 0.6 is 0 Å². The van der Waals surface area contributed by atoms with Gasteiger partial charge in [-0.1, -0.05) is 62.4 Å². The Morgan fingerprint density at radius 1 is 1.04 bits per heavy atom. The normalized spacial score (nSPS) is 21.5. The number of epoxide rings is 1. The van der Waals surface area contributed by atoms with Crippen molar-refractivity contribution in [3.63, 3.8) is 0 Å². The molecule has 2 aromatic carbocycles. The molecule has 2 nitrogen and oxygen atoms in total. The zero-order chi connectivity index (χ0) is 18.1. The van der Waals surface area contributed by atoms with Crippen LogP contribution in [0, 0.1) is 5.92 Å². The number of hydrogen-bond donors (Lipinski definition) is 0. The summed E-state index contributed by atoms with van der Waals surface area (Å²) in [6.45, 7) is 10.1. The van der Waals surface area contributed by atoms with Gasteiger partial charge in [-0.05, 0) is 54.0 Å². The molecule has 0 spiro atoms. The summed E-state index contributed by atoms with van der Waals surface area (Å²) in [6.07, 6.45) is 3.93. The van der Waals surface area contributed by atoms with Crippen LogP contribution in [0.3, 0.4) is 0 Å². The molecule has 4 rings (SSSR count). The van der Waals surface area contributed by atoms with Crippen LogP contribution in [0.2, 0.25) is 0 Å². The van der Waals surface area contributed by atoms with E-state index in [0.29, 0.717) is 12.7 Å². The third-order valence-corrected chi connectivity index (χ3v) is 5.80. The molecule has 0 bridgehead atoms. The van der Waals surface area contributed by atoms with E-state index in [1.165, 1.54) is 35.1 Å². The smallest absolute Gasteiger partial charge is 0.119 e. The van der Waals surface area contributed by atoms with E-state index in [-0.39, 0.29) is 5.41 Å². The van der Waals surface area contributed by atoms with Gasteiger partial charge in [-0.15, -0.1) is 0 Å². The maximum absolute atomic E-state index is 5.75. The Hall–Kier alpha value is -2.06. The first-order valence-electron chi connectivity index (χ1n) is 9.64. The number of ether oxygens (including phenoxy) is 2. The first kappa shape index (κ1) is 17.4. The number of aryl methyl sites for hydroxylation is 1. The maximum Gasteiger partial charge on any atom is 0.119 e. The zero-order valence-electron chi connectivity index (χ0n) is 15.8. The molecule has 2 heteroatoms. The highest BCUT2D eigenvalue weighted by molar-refractivity contribution is 5.41. The van der Waals surface area contributed by atoms with E-state index in [2.05, 4.69) is 69.0 Å². The van der Waals surface area contributed by atoms with Gasteiger partial charge in [-0.25, -0.2) is 0 Å². The second-order valence-corrected chi connectivity index (χ2v) is 8.21. The highest BCUT2D eigenvalue weighted by atomic mass is 16.6. The molecule has 2 atom stereocenters. The van der Waals surface area contributed by atoms with E-state index >= 15 is 0 Å². The fourth-order valence-electron chi connectivity index (χ4n) is 3.48.